The predicted molar refractivity (Wildman–Crippen MR) is 287 cm³/mol. The first kappa shape index (κ1) is 64.2. The molecule has 0 heterocycles. The average Bonchev–Trinajstić information content (AvgIpc) is 3.20. The minimum absolute atomic E-state index is 0. The maximum atomic E-state index is 17.6. The van der Waals surface area contributed by atoms with Gasteiger partial charge in [0.1, 0.15) is 7.14 Å². The summed E-state index contributed by atoms with van der Waals surface area (Å²) in [6, 6.07) is 38.6. The van der Waals surface area contributed by atoms with Gasteiger partial charge in [-0.05, 0) is 156 Å². The second-order valence-electron chi connectivity index (χ2n) is 17.7. The van der Waals surface area contributed by atoms with Crippen LogP contribution in [0.2, 0.25) is 0 Å². The van der Waals surface area contributed by atoms with Gasteiger partial charge in [-0.15, -0.1) is 0 Å². The molecule has 72 heavy (non-hydrogen) atoms. The molecule has 0 spiro atoms. The van der Waals surface area contributed by atoms with Gasteiger partial charge in [0.15, 0.2) is 14.3 Å². The van der Waals surface area contributed by atoms with Crippen molar-refractivity contribution in [1.82, 2.24) is 0 Å². The minimum Gasteiger partial charge on any atom is -0.356 e. The van der Waals surface area contributed by atoms with Gasteiger partial charge < -0.3 is 59.7 Å². The van der Waals surface area contributed by atoms with Crippen molar-refractivity contribution in [3.8, 4) is 6.07 Å². The molecule has 0 atom stereocenters. The monoisotopic (exact) mass is 1110 g/mol. The third-order valence-electron chi connectivity index (χ3n) is 10.9. The van der Waals surface area contributed by atoms with E-state index in [1.54, 1.807) is 6.07 Å². The van der Waals surface area contributed by atoms with E-state index in [1.165, 1.54) is 6.92 Å². The van der Waals surface area contributed by atoms with E-state index >= 15 is 13.7 Å². The molecule has 6 aromatic rings. The van der Waals surface area contributed by atoms with Crippen molar-refractivity contribution in [3.63, 3.8) is 0 Å². The molecule has 0 fully saturated rings. The smallest absolute Gasteiger partial charge is 0.356 e. The largest absolute Gasteiger partial charge is 3.00 e. The van der Waals surface area contributed by atoms with E-state index in [9.17, 15) is 0 Å². The number of hydrogen-bond acceptors (Lipinski definition) is 13. The van der Waals surface area contributed by atoms with Gasteiger partial charge in [0, 0.05) is 44.9 Å². The van der Waals surface area contributed by atoms with E-state index in [2.05, 4.69) is 36.4 Å². The summed E-state index contributed by atoms with van der Waals surface area (Å²) in [6.07, 6.45) is -0.0622. The Morgan fingerprint density at radius 3 is 0.639 bits per heavy atom. The summed E-state index contributed by atoms with van der Waals surface area (Å²) in [6.45, 7) is 25.8. The van der Waals surface area contributed by atoms with Crippen molar-refractivity contribution in [2.24, 2.45) is 0 Å². The van der Waals surface area contributed by atoms with Crippen molar-refractivity contribution < 1.29 is 61.7 Å². The third kappa shape index (κ3) is 18.0. The Morgan fingerprint density at radius 2 is 0.500 bits per heavy atom. The van der Waals surface area contributed by atoms with Crippen LogP contribution in [-0.2, 0) is 46.4 Å². The van der Waals surface area contributed by atoms with Gasteiger partial charge in [0.25, 0.3) is 0 Å². The third-order valence-corrected chi connectivity index (χ3v) is 22.6. The van der Waals surface area contributed by atoms with E-state index < -0.39 is 42.1 Å². The van der Waals surface area contributed by atoms with Crippen molar-refractivity contribution in [3.05, 3.63) is 222 Å². The Labute approximate surface area is 446 Å². The van der Waals surface area contributed by atoms with Crippen LogP contribution < -0.4 is 31.8 Å². The van der Waals surface area contributed by atoms with Crippen LogP contribution in [0.5, 0.6) is 0 Å². The molecule has 16 nitrogen and oxygen atoms in total. The molecular formula is C52H60N4O12P3Y. The number of hydrogen-bond donors (Lipinski definition) is 0. The average molecular weight is 1110 g/mol. The molecule has 0 saturated carbocycles. The molecule has 0 aromatic heterocycles. The number of nitriles is 1. The summed E-state index contributed by atoms with van der Waals surface area (Å²) in [4.78, 5) is 24.8. The van der Waals surface area contributed by atoms with Gasteiger partial charge in [-0.1, -0.05) is 103 Å². The summed E-state index contributed by atoms with van der Waals surface area (Å²) in [5.41, 5.74) is 11.8. The maximum Gasteiger partial charge on any atom is 3.00 e. The van der Waals surface area contributed by atoms with Crippen molar-refractivity contribution in [2.75, 3.05) is 6.16 Å². The van der Waals surface area contributed by atoms with Gasteiger partial charge in [0.2, 0.25) is 0 Å². The Hall–Kier alpha value is -5.80. The zero-order valence-corrected chi connectivity index (χ0v) is 48.3. The molecule has 0 bridgehead atoms. The molecule has 0 aliphatic rings. The molecule has 0 aliphatic heterocycles. The van der Waals surface area contributed by atoms with Gasteiger partial charge in [-0.3, -0.25) is 0 Å². The molecule has 0 amide bonds. The van der Waals surface area contributed by atoms with Crippen LogP contribution in [0.3, 0.4) is 0 Å². The molecule has 0 radical (unpaired) electrons. The topological polar surface area (TPSA) is 274 Å². The molecular weight excluding hydrogens is 1050 g/mol. The fourth-order valence-electron chi connectivity index (χ4n) is 8.92. The normalized spacial score (nSPS) is 10.7. The quantitative estimate of drug-likeness (QED) is 0.0702. The SMILES string of the molecule is CC#N.Cc1cc(C)cc(P(=O)(CC(P(=O)(c2cc(C)cc(C)c2)c2cc(C)cc(C)c2)P(=O)(c2cc(C)cc(C)c2)c2cc(C)cc(C)c2)c2cc(C)cc(C)c2)c1.O=[N+]([O-])[O-].O=[N+]([O-])[O-].O=[N+]([O-])[O-].[Y+3]. The number of rotatable bonds is 10. The second-order valence-corrected chi connectivity index (χ2v) is 26.9. The number of benzene rings is 6. The van der Waals surface area contributed by atoms with Crippen LogP contribution in [0.4, 0.5) is 0 Å². The number of aryl methyl sites for hydroxylation is 12. The predicted octanol–water partition coefficient (Wildman–Crippen LogP) is 10.9. The molecule has 6 aromatic carbocycles. The van der Waals surface area contributed by atoms with E-state index in [1.807, 2.05) is 156 Å². The Bertz CT molecular complexity index is 2670. The minimum atomic E-state index is -3.98. The van der Waals surface area contributed by atoms with Crippen LogP contribution in [0.1, 0.15) is 73.7 Å². The molecule has 0 aliphatic carbocycles. The molecule has 0 unspecified atom stereocenters. The van der Waals surface area contributed by atoms with Crippen LogP contribution in [0, 0.1) is 140 Å². The zero-order valence-electron chi connectivity index (χ0n) is 42.8. The Balaban J connectivity index is 0.00000143. The van der Waals surface area contributed by atoms with Crippen molar-refractivity contribution in [1.29, 1.82) is 5.26 Å². The van der Waals surface area contributed by atoms with Crippen LogP contribution in [-0.4, -0.2) is 26.8 Å². The fraction of sp³-hybridized carbons (Fsp3) is 0.288. The summed E-state index contributed by atoms with van der Waals surface area (Å²) in [5, 5.41) is 54.5. The Kier molecular flexibility index (Phi) is 24.9. The van der Waals surface area contributed by atoms with Crippen molar-refractivity contribution >= 4 is 53.3 Å². The molecule has 0 N–H and O–H groups in total. The van der Waals surface area contributed by atoms with Crippen LogP contribution in [0.25, 0.3) is 0 Å². The summed E-state index contributed by atoms with van der Waals surface area (Å²) in [5.74, 6) is 0. The molecule has 0 saturated heterocycles. The summed E-state index contributed by atoms with van der Waals surface area (Å²) in [7, 11) is -11.7. The van der Waals surface area contributed by atoms with Gasteiger partial charge in [-0.2, -0.15) is 5.26 Å². The van der Waals surface area contributed by atoms with E-state index in [4.69, 9.17) is 51.2 Å². The standard InChI is InChI=1S/C50H57O3P3.C2H3N.3NO3.Y/c1-32-13-33(2)20-44(19-32)54(51,45-21-34(3)14-35(4)22-45)31-50(55(52,46-23-36(5)15-37(6)24-46)47-25-38(7)16-39(8)26-47)56(53,48-27-40(9)17-41(10)28-48)49-29-42(11)18-43(12)30-49;1-2-3;3*2-1(3)4;/h13-30,50H,31H2,1-12H3;1H3;;;;/q;;3*-1;+3. The molecule has 20 heteroatoms. The van der Waals surface area contributed by atoms with Crippen LogP contribution in [0.15, 0.2) is 109 Å². The number of nitrogens with zero attached hydrogens (tertiary/aromatic N) is 4. The second kappa shape index (κ2) is 27.9. The van der Waals surface area contributed by atoms with Crippen molar-refractivity contribution in [2.45, 2.75) is 95.4 Å². The van der Waals surface area contributed by atoms with E-state index in [-0.39, 0.29) is 38.9 Å². The molecule has 378 valence electrons. The van der Waals surface area contributed by atoms with Gasteiger partial charge in [-0.25, -0.2) is 0 Å². The van der Waals surface area contributed by atoms with Crippen LogP contribution >= 0.6 is 21.4 Å². The fourth-order valence-corrected chi connectivity index (χ4v) is 23.5. The summed E-state index contributed by atoms with van der Waals surface area (Å²) < 4.78 is 52.1. The van der Waals surface area contributed by atoms with E-state index in [0.29, 0.717) is 31.8 Å². The Morgan fingerprint density at radius 1 is 0.375 bits per heavy atom. The maximum absolute atomic E-state index is 17.6. The first-order chi connectivity index (χ1) is 32.8. The summed E-state index contributed by atoms with van der Waals surface area (Å²) >= 11 is 0. The first-order valence-corrected chi connectivity index (χ1v) is 27.3. The van der Waals surface area contributed by atoms with Gasteiger partial charge >= 0.3 is 32.7 Å². The van der Waals surface area contributed by atoms with E-state index in [0.717, 1.165) is 66.8 Å². The van der Waals surface area contributed by atoms with Gasteiger partial charge in [0.05, 0.1) is 26.7 Å². The first-order valence-electron chi connectivity index (χ1n) is 21.9. The molecule has 6 rings (SSSR count). The zero-order chi connectivity index (χ0) is 54.3.